The molecule has 0 unspecified atom stereocenters. The first-order chi connectivity index (χ1) is 13.0. The quantitative estimate of drug-likeness (QED) is 0.300. The summed E-state index contributed by atoms with van der Waals surface area (Å²) in [6.45, 7) is 9.31. The topological polar surface area (TPSA) is 80.6 Å². The van der Waals surface area contributed by atoms with Crippen molar-refractivity contribution in [3.63, 3.8) is 0 Å². The van der Waals surface area contributed by atoms with Crippen LogP contribution in [0, 0.1) is 0 Å². The normalized spacial score (nSPS) is 9.90. The molecule has 0 aliphatic heterocycles. The Morgan fingerprint density at radius 3 is 1.86 bits per heavy atom. The van der Waals surface area contributed by atoms with E-state index in [1.54, 1.807) is 24.3 Å². The van der Waals surface area contributed by atoms with Crippen LogP contribution in [0.1, 0.15) is 17.8 Å². The summed E-state index contributed by atoms with van der Waals surface area (Å²) in [6.07, 6.45) is 0. The molecule has 1 N–H and O–H groups in total. The molecular formula is C19H25Br2ClN4O2Si. The number of para-hydroxylation sites is 1. The number of hydrogen-bond donors (Lipinski definition) is 1. The lowest BCUT2D eigenvalue weighted by Gasteiger charge is -2.01. The molecule has 2 aromatic carbocycles. The molecule has 3 aromatic rings. The second-order valence-electron chi connectivity index (χ2n) is 7.12. The largest absolute Gasteiger partial charge is 0.365 e. The predicted molar refractivity (Wildman–Crippen MR) is 130 cm³/mol. The van der Waals surface area contributed by atoms with Crippen molar-refractivity contribution in [3.05, 3.63) is 73.5 Å². The highest BCUT2D eigenvalue weighted by molar-refractivity contribution is 9.10. The molecule has 158 valence electrons. The summed E-state index contributed by atoms with van der Waals surface area (Å²) in [7, 11) is -0.611. The third kappa shape index (κ3) is 10.7. The van der Waals surface area contributed by atoms with E-state index in [0.29, 0.717) is 11.3 Å². The Balaban J connectivity index is 0.000000439. The lowest BCUT2D eigenvalue weighted by Crippen LogP contribution is -2.16. The van der Waals surface area contributed by atoms with Gasteiger partial charge in [-0.3, -0.25) is 4.79 Å². The molecule has 29 heavy (non-hydrogen) atoms. The second kappa shape index (κ2) is 12.9. The van der Waals surface area contributed by atoms with Crippen LogP contribution in [0.2, 0.25) is 26.2 Å². The van der Waals surface area contributed by atoms with Gasteiger partial charge in [0, 0.05) is 22.6 Å². The van der Waals surface area contributed by atoms with E-state index in [-0.39, 0.29) is 13.1 Å². The number of benzene rings is 2. The smallest absolute Gasteiger partial charge is 0.276 e. The predicted octanol–water partition coefficient (Wildman–Crippen LogP) is 6.14. The summed E-state index contributed by atoms with van der Waals surface area (Å²) in [5.41, 5.74) is 0.817. The number of rotatable bonds is 2. The summed E-state index contributed by atoms with van der Waals surface area (Å²) < 4.78 is 2.71. The van der Waals surface area contributed by atoms with E-state index in [4.69, 9.17) is 11.6 Å². The van der Waals surface area contributed by atoms with Crippen molar-refractivity contribution in [3.8, 4) is 5.69 Å². The average molecular weight is 565 g/mol. The molecule has 0 bridgehead atoms. The molecule has 0 aliphatic carbocycles. The minimum absolute atomic E-state index is 0. The summed E-state index contributed by atoms with van der Waals surface area (Å²) in [5, 5.41) is 8.79. The van der Waals surface area contributed by atoms with Crippen molar-refractivity contribution in [1.82, 2.24) is 20.2 Å². The molecule has 0 radical (unpaired) electrons. The first kappa shape index (κ1) is 27.4. The molecule has 10 heteroatoms. The van der Waals surface area contributed by atoms with Crippen molar-refractivity contribution in [2.45, 2.75) is 33.6 Å². The fourth-order valence-electron chi connectivity index (χ4n) is 1.60. The van der Waals surface area contributed by atoms with Crippen LogP contribution >= 0.6 is 43.5 Å². The van der Waals surface area contributed by atoms with Gasteiger partial charge < -0.3 is 0 Å². The summed E-state index contributed by atoms with van der Waals surface area (Å²) in [5.74, 6) is 0. The van der Waals surface area contributed by atoms with Crippen molar-refractivity contribution >= 4 is 56.8 Å². The third-order valence-corrected chi connectivity index (χ3v) is 4.20. The van der Waals surface area contributed by atoms with Crippen LogP contribution in [-0.4, -0.2) is 33.5 Å². The van der Waals surface area contributed by atoms with Gasteiger partial charge in [-0.2, -0.15) is 4.68 Å². The number of aromatic nitrogens is 4. The molecule has 1 heterocycles. The average Bonchev–Trinajstić information content (AvgIpc) is 3.00. The zero-order chi connectivity index (χ0) is 21.3. The SMILES string of the molecule is C.C[Si](C)(C)C.O=C(Cl)c1ccccc1Br.O=c1[nH]nnn1-c1ccccc1Br. The van der Waals surface area contributed by atoms with Crippen LogP contribution in [0.25, 0.3) is 5.69 Å². The van der Waals surface area contributed by atoms with Gasteiger partial charge in [0.15, 0.2) is 0 Å². The number of carbonyl (C=O) groups excluding carboxylic acids is 1. The maximum Gasteiger partial charge on any atom is 0.365 e. The van der Waals surface area contributed by atoms with E-state index in [9.17, 15) is 9.59 Å². The second-order valence-corrected chi connectivity index (χ2v) is 15.2. The minimum Gasteiger partial charge on any atom is -0.276 e. The molecule has 0 saturated heterocycles. The third-order valence-electron chi connectivity index (χ3n) is 2.64. The zero-order valence-corrected chi connectivity index (χ0v) is 20.8. The molecule has 6 nitrogen and oxygen atoms in total. The monoisotopic (exact) mass is 562 g/mol. The Labute approximate surface area is 193 Å². The van der Waals surface area contributed by atoms with Crippen LogP contribution in [0.5, 0.6) is 0 Å². The highest BCUT2D eigenvalue weighted by Gasteiger charge is 2.05. The fourth-order valence-corrected chi connectivity index (χ4v) is 2.80. The van der Waals surface area contributed by atoms with Gasteiger partial charge in [-0.05, 0) is 62.2 Å². The van der Waals surface area contributed by atoms with Crippen molar-refractivity contribution in [2.75, 3.05) is 0 Å². The van der Waals surface area contributed by atoms with Gasteiger partial charge in [-0.15, -0.1) is 0 Å². The number of hydrogen-bond acceptors (Lipinski definition) is 4. The number of nitrogens with zero attached hydrogens (tertiary/aromatic N) is 3. The fraction of sp³-hybridized carbons (Fsp3) is 0.263. The highest BCUT2D eigenvalue weighted by Crippen LogP contribution is 2.18. The Kier molecular flexibility index (Phi) is 12.2. The minimum atomic E-state index is -0.611. The van der Waals surface area contributed by atoms with Gasteiger partial charge in [-0.25, -0.2) is 9.89 Å². The molecule has 0 fully saturated rings. The molecule has 1 aromatic heterocycles. The summed E-state index contributed by atoms with van der Waals surface area (Å²) >= 11 is 11.7. The van der Waals surface area contributed by atoms with Crippen LogP contribution < -0.4 is 5.69 Å². The number of nitrogens with one attached hydrogen (secondary N) is 1. The van der Waals surface area contributed by atoms with Gasteiger partial charge in [0.25, 0.3) is 5.24 Å². The van der Waals surface area contributed by atoms with Gasteiger partial charge in [0.1, 0.15) is 0 Å². The van der Waals surface area contributed by atoms with E-state index in [2.05, 4.69) is 73.6 Å². The van der Waals surface area contributed by atoms with E-state index in [0.717, 1.165) is 8.95 Å². The summed E-state index contributed by atoms with van der Waals surface area (Å²) in [4.78, 5) is 21.7. The van der Waals surface area contributed by atoms with E-state index in [1.807, 2.05) is 24.3 Å². The van der Waals surface area contributed by atoms with Gasteiger partial charge in [-0.1, -0.05) is 73.8 Å². The number of carbonyl (C=O) groups is 1. The number of H-pyrrole nitrogens is 1. The van der Waals surface area contributed by atoms with Crippen molar-refractivity contribution < 1.29 is 4.79 Å². The Hall–Kier alpha value is -1.55. The molecule has 0 aliphatic rings. The lowest BCUT2D eigenvalue weighted by molar-refractivity contribution is 0.108. The number of halogens is 3. The number of tetrazole rings is 1. The first-order valence-electron chi connectivity index (χ1n) is 8.20. The van der Waals surface area contributed by atoms with Crippen LogP contribution in [-0.2, 0) is 0 Å². The standard InChI is InChI=1S/C7H4BrClO.C7H5BrN4O.C4H12Si.CH4/c8-6-4-2-1-3-5(6)7(9)10;8-5-3-1-2-4-6(5)12-7(13)9-10-11-12;1-5(2,3)4;/h1-4H;1-4H,(H,9,11,13);1-4H3;1H4. The Morgan fingerprint density at radius 2 is 1.48 bits per heavy atom. The Morgan fingerprint density at radius 1 is 1.00 bits per heavy atom. The first-order valence-corrected chi connectivity index (χ1v) is 14.2. The maximum absolute atomic E-state index is 11.1. The number of aromatic amines is 1. The highest BCUT2D eigenvalue weighted by atomic mass is 79.9. The molecular weight excluding hydrogens is 540 g/mol. The van der Waals surface area contributed by atoms with Gasteiger partial charge >= 0.3 is 5.69 Å². The van der Waals surface area contributed by atoms with E-state index < -0.39 is 13.3 Å². The van der Waals surface area contributed by atoms with Crippen LogP contribution in [0.4, 0.5) is 0 Å². The van der Waals surface area contributed by atoms with Gasteiger partial charge in [0.05, 0.1) is 5.69 Å². The molecule has 0 saturated carbocycles. The molecule has 0 amide bonds. The van der Waals surface area contributed by atoms with Crippen LogP contribution in [0.15, 0.2) is 62.3 Å². The van der Waals surface area contributed by atoms with E-state index in [1.165, 1.54) is 4.68 Å². The van der Waals surface area contributed by atoms with Crippen LogP contribution in [0.3, 0.4) is 0 Å². The maximum atomic E-state index is 11.1. The van der Waals surface area contributed by atoms with Gasteiger partial charge in [0.2, 0.25) is 0 Å². The molecule has 0 atom stereocenters. The zero-order valence-electron chi connectivity index (χ0n) is 15.9. The molecule has 0 spiro atoms. The summed E-state index contributed by atoms with van der Waals surface area (Å²) in [6, 6.07) is 14.3. The molecule has 3 rings (SSSR count). The van der Waals surface area contributed by atoms with Crippen molar-refractivity contribution in [1.29, 1.82) is 0 Å². The lowest BCUT2D eigenvalue weighted by atomic mass is 10.2. The van der Waals surface area contributed by atoms with Crippen molar-refractivity contribution in [2.24, 2.45) is 0 Å². The Bertz CT molecular complexity index is 965. The van der Waals surface area contributed by atoms with E-state index >= 15 is 0 Å².